The van der Waals surface area contributed by atoms with Crippen molar-refractivity contribution in [3.63, 3.8) is 0 Å². The predicted molar refractivity (Wildman–Crippen MR) is 131 cm³/mol. The fraction of sp³-hybridized carbons (Fsp3) is 0.273. The van der Waals surface area contributed by atoms with Crippen LogP contribution in [0, 0.1) is 0 Å². The highest BCUT2D eigenvalue weighted by molar-refractivity contribution is 6.35. The first-order valence-electron chi connectivity index (χ1n) is 10.3. The summed E-state index contributed by atoms with van der Waals surface area (Å²) in [6.45, 7) is 0. The van der Waals surface area contributed by atoms with E-state index in [0.29, 0.717) is 0 Å². The van der Waals surface area contributed by atoms with Gasteiger partial charge in [0, 0.05) is 31.2 Å². The molecule has 2 heterocycles. The maximum atomic E-state index is 13.4. The number of hydrogen-bond acceptors (Lipinski definition) is 7. The molecule has 0 bridgehead atoms. The molecule has 0 saturated heterocycles. The molecule has 4 rings (SSSR count). The number of hydrogen-bond donors (Lipinski definition) is 1. The summed E-state index contributed by atoms with van der Waals surface area (Å²) in [7, 11) is 0. The minimum absolute atomic E-state index is 0.0364. The van der Waals surface area contributed by atoms with Crippen LogP contribution in [0.25, 0.3) is 0 Å². The predicted octanol–water partition coefficient (Wildman–Crippen LogP) is 7.71. The van der Waals surface area contributed by atoms with Gasteiger partial charge in [-0.15, -0.1) is 0 Å². The smallest absolute Gasteiger partial charge is 0.411 e. The summed E-state index contributed by atoms with van der Waals surface area (Å²) in [6, 6.07) is 7.00. The molecular formula is C22H13Cl4F6N3O4. The second-order valence-electron chi connectivity index (χ2n) is 8.03. The van der Waals surface area contributed by atoms with Gasteiger partial charge in [0.05, 0.1) is 19.1 Å². The average molecular weight is 639 g/mol. The van der Waals surface area contributed by atoms with Crippen LogP contribution in [0.15, 0.2) is 51.9 Å². The van der Waals surface area contributed by atoms with Crippen LogP contribution in [0.5, 0.6) is 0 Å². The fourth-order valence-corrected chi connectivity index (χ4v) is 4.68. The van der Waals surface area contributed by atoms with Gasteiger partial charge in [-0.1, -0.05) is 61.9 Å². The van der Waals surface area contributed by atoms with E-state index in [4.69, 9.17) is 51.6 Å². The molecule has 0 amide bonds. The third-order valence-corrected chi connectivity index (χ3v) is 6.29. The summed E-state index contributed by atoms with van der Waals surface area (Å²) in [5, 5.41) is 17.6. The van der Waals surface area contributed by atoms with E-state index in [2.05, 4.69) is 25.1 Å². The zero-order valence-electron chi connectivity index (χ0n) is 18.8. The second kappa shape index (κ2) is 11.4. The number of nitrogens with zero attached hydrogens (tertiary/aromatic N) is 3. The topological polar surface area (TPSA) is 92.8 Å². The van der Waals surface area contributed by atoms with Crippen LogP contribution >= 0.6 is 46.4 Å². The van der Waals surface area contributed by atoms with Gasteiger partial charge in [0.15, 0.2) is 6.29 Å². The molecule has 0 aromatic heterocycles. The number of oxime groups is 3. The Bertz CT molecular complexity index is 1310. The minimum atomic E-state index is -4.77. The van der Waals surface area contributed by atoms with Crippen molar-refractivity contribution in [3.05, 3.63) is 67.6 Å². The Labute approximate surface area is 235 Å². The Morgan fingerprint density at radius 3 is 1.41 bits per heavy atom. The zero-order chi connectivity index (χ0) is 29.2. The summed E-state index contributed by atoms with van der Waals surface area (Å²) in [6.07, 6.45) is -9.88. The first-order valence-corrected chi connectivity index (χ1v) is 11.8. The van der Waals surface area contributed by atoms with Gasteiger partial charge in [0.1, 0.15) is 11.4 Å². The molecule has 0 spiro atoms. The fourth-order valence-electron chi connectivity index (χ4n) is 3.63. The zero-order valence-corrected chi connectivity index (χ0v) is 21.8. The van der Waals surface area contributed by atoms with E-state index in [9.17, 15) is 31.1 Å². The highest BCUT2D eigenvalue weighted by Gasteiger charge is 2.63. The minimum Gasteiger partial charge on any atom is -0.411 e. The quantitative estimate of drug-likeness (QED) is 0.122. The molecule has 0 aliphatic carbocycles. The van der Waals surface area contributed by atoms with Gasteiger partial charge in [-0.05, 0) is 36.4 Å². The van der Waals surface area contributed by atoms with E-state index in [0.717, 1.165) is 30.5 Å². The van der Waals surface area contributed by atoms with Gasteiger partial charge >= 0.3 is 12.4 Å². The lowest BCUT2D eigenvalue weighted by Crippen LogP contribution is -2.42. The van der Waals surface area contributed by atoms with E-state index in [1.807, 2.05) is 0 Å². The van der Waals surface area contributed by atoms with Crippen LogP contribution in [-0.4, -0.2) is 41.5 Å². The number of benzene rings is 2. The molecule has 2 aliphatic rings. The van der Waals surface area contributed by atoms with Gasteiger partial charge in [0.25, 0.3) is 11.2 Å². The van der Waals surface area contributed by atoms with E-state index < -0.39 is 36.4 Å². The Morgan fingerprint density at radius 1 is 0.744 bits per heavy atom. The first kappa shape index (κ1) is 30.8. The molecule has 2 aliphatic heterocycles. The molecular weight excluding hydrogens is 626 g/mol. The lowest BCUT2D eigenvalue weighted by Gasteiger charge is -2.29. The average Bonchev–Trinajstić information content (AvgIpc) is 3.44. The maximum Gasteiger partial charge on any atom is 0.435 e. The van der Waals surface area contributed by atoms with Crippen LogP contribution < -0.4 is 0 Å². The lowest BCUT2D eigenvalue weighted by atomic mass is 9.88. The van der Waals surface area contributed by atoms with Crippen molar-refractivity contribution in [2.24, 2.45) is 15.5 Å². The monoisotopic (exact) mass is 637 g/mol. The molecule has 2 unspecified atom stereocenters. The van der Waals surface area contributed by atoms with Crippen LogP contribution in [-0.2, 0) is 25.7 Å². The first-order chi connectivity index (χ1) is 18.1. The summed E-state index contributed by atoms with van der Waals surface area (Å²) >= 11 is 22.8. The largest absolute Gasteiger partial charge is 0.435 e. The third-order valence-electron chi connectivity index (χ3n) is 5.41. The number of carbonyl (C=O) groups excluding carboxylic acids is 1. The van der Waals surface area contributed by atoms with Gasteiger partial charge in [-0.2, -0.15) is 26.3 Å². The Balaban J connectivity index is 0.000000216. The lowest BCUT2D eigenvalue weighted by molar-refractivity contribution is -0.276. The molecule has 7 nitrogen and oxygen atoms in total. The van der Waals surface area contributed by atoms with Gasteiger partial charge in [0.2, 0.25) is 0 Å². The van der Waals surface area contributed by atoms with Gasteiger partial charge in [-0.3, -0.25) is 4.79 Å². The van der Waals surface area contributed by atoms with Crippen LogP contribution in [0.1, 0.15) is 24.0 Å². The van der Waals surface area contributed by atoms with Crippen molar-refractivity contribution in [3.8, 4) is 0 Å². The van der Waals surface area contributed by atoms with Gasteiger partial charge in [-0.25, -0.2) is 0 Å². The molecule has 1 N–H and O–H groups in total. The number of rotatable bonds is 4. The Hall–Kier alpha value is -2.74. The number of alkyl halides is 6. The van der Waals surface area contributed by atoms with Crippen molar-refractivity contribution in [2.45, 2.75) is 36.4 Å². The summed E-state index contributed by atoms with van der Waals surface area (Å²) in [4.78, 5) is 19.7. The summed E-state index contributed by atoms with van der Waals surface area (Å²) < 4.78 is 80.0. The standard InChI is InChI=1S/C11H7Cl2F3N2O2.C11H6Cl2F3NO2/c12-7-1-6(2-8(13)3-7)10(11(14,15)16)4-9(5-17-19)18-20-10;12-7-1-6(2-8(13)3-7)10(11(14,15)16)4-9(5-18)17-19-10/h1-3,5,19H,4H2;1-3,5H,4H2/b17-5+;. The molecule has 2 aromatic rings. The Morgan fingerprint density at radius 2 is 1.10 bits per heavy atom. The molecule has 0 radical (unpaired) electrons. The second-order valence-corrected chi connectivity index (χ2v) is 9.78. The Kier molecular flexibility index (Phi) is 9.00. The molecule has 39 heavy (non-hydrogen) atoms. The van der Waals surface area contributed by atoms with Gasteiger partial charge < -0.3 is 14.9 Å². The maximum absolute atomic E-state index is 13.4. The highest BCUT2D eigenvalue weighted by Crippen LogP contribution is 2.50. The van der Waals surface area contributed by atoms with Crippen molar-refractivity contribution in [1.29, 1.82) is 0 Å². The van der Waals surface area contributed by atoms with E-state index in [-0.39, 0.29) is 48.9 Å². The SMILES string of the molecule is O/N=C/C1=NOC(c2cc(Cl)cc(Cl)c2)(C(F)(F)F)C1.O=CC1=NOC(c2cc(Cl)cc(Cl)c2)(C(F)(F)F)C1. The van der Waals surface area contributed by atoms with Crippen molar-refractivity contribution >= 4 is 70.3 Å². The summed E-state index contributed by atoms with van der Waals surface area (Å²) in [5.74, 6) is 0. The highest BCUT2D eigenvalue weighted by atomic mass is 35.5. The van der Waals surface area contributed by atoms with Crippen LogP contribution in [0.3, 0.4) is 0 Å². The molecule has 2 aromatic carbocycles. The molecule has 0 saturated carbocycles. The van der Waals surface area contributed by atoms with Crippen molar-refractivity contribution in [1.82, 2.24) is 0 Å². The number of carbonyl (C=O) groups is 1. The number of aldehydes is 1. The van der Waals surface area contributed by atoms with E-state index in [1.165, 1.54) is 12.1 Å². The normalized spacial score (nSPS) is 22.9. The van der Waals surface area contributed by atoms with Crippen molar-refractivity contribution in [2.75, 3.05) is 0 Å². The van der Waals surface area contributed by atoms with E-state index in [1.54, 1.807) is 0 Å². The third kappa shape index (κ3) is 6.37. The molecule has 0 fully saturated rings. The molecule has 210 valence electrons. The number of halogens is 10. The van der Waals surface area contributed by atoms with Crippen LogP contribution in [0.4, 0.5) is 26.3 Å². The van der Waals surface area contributed by atoms with Crippen molar-refractivity contribution < 1.29 is 46.0 Å². The molecule has 17 heteroatoms. The summed E-state index contributed by atoms with van der Waals surface area (Å²) in [5.41, 5.74) is -6.46. The van der Waals surface area contributed by atoms with Crippen LogP contribution in [0.2, 0.25) is 20.1 Å². The van der Waals surface area contributed by atoms with E-state index >= 15 is 0 Å². The molecule has 2 atom stereocenters.